The van der Waals surface area contributed by atoms with Crippen LogP contribution in [0.4, 0.5) is 4.79 Å². The number of carboxylic acid groups (broad SMARTS) is 1. The fourth-order valence-electron chi connectivity index (χ4n) is 5.51. The van der Waals surface area contributed by atoms with Gasteiger partial charge in [0.1, 0.15) is 17.8 Å². The van der Waals surface area contributed by atoms with Crippen LogP contribution in [0, 0.1) is 11.8 Å². The summed E-state index contributed by atoms with van der Waals surface area (Å²) in [6.07, 6.45) is 0.527. The standard InChI is InChI=1S/C30H46N4O7/c1-6-7-10-23(27(36)31-15-8-9-19(2)3)32-18-26-33(24(28(32)37)17-21-11-13-22(35)14-12-21)29(38)25(16-20(4)5)41-34(26)30(39)40/h11-14,19-20,23-26,35H,6-10,15-18H2,1-5H3,(H,31,36)(H,39,40)/t23-,24?,25?,26?/m0/s1. The van der Waals surface area contributed by atoms with Gasteiger partial charge in [0.2, 0.25) is 11.8 Å². The molecule has 11 nitrogen and oxygen atoms in total. The van der Waals surface area contributed by atoms with Crippen molar-refractivity contribution in [1.82, 2.24) is 20.2 Å². The molecule has 2 aliphatic rings. The molecule has 4 amide bonds. The average molecular weight is 575 g/mol. The number of benzene rings is 1. The van der Waals surface area contributed by atoms with Gasteiger partial charge in [-0.3, -0.25) is 19.2 Å². The lowest BCUT2D eigenvalue weighted by Crippen LogP contribution is -2.75. The molecule has 3 rings (SSSR count). The van der Waals surface area contributed by atoms with Crippen LogP contribution in [0.15, 0.2) is 24.3 Å². The monoisotopic (exact) mass is 574 g/mol. The summed E-state index contributed by atoms with van der Waals surface area (Å²) in [5.41, 5.74) is 0.687. The fourth-order valence-corrected chi connectivity index (χ4v) is 5.51. The molecule has 0 radical (unpaired) electrons. The molecule has 4 atom stereocenters. The van der Waals surface area contributed by atoms with Crippen molar-refractivity contribution in [3.63, 3.8) is 0 Å². The van der Waals surface area contributed by atoms with E-state index in [1.54, 1.807) is 12.1 Å². The first-order valence-corrected chi connectivity index (χ1v) is 14.8. The average Bonchev–Trinajstić information content (AvgIpc) is 2.91. The third-order valence-electron chi connectivity index (χ3n) is 7.63. The van der Waals surface area contributed by atoms with E-state index in [2.05, 4.69) is 19.2 Å². The number of nitrogens with zero attached hydrogens (tertiary/aromatic N) is 3. The maximum absolute atomic E-state index is 14.2. The molecule has 41 heavy (non-hydrogen) atoms. The molecule has 2 aliphatic heterocycles. The number of nitrogens with one attached hydrogen (secondary N) is 1. The van der Waals surface area contributed by atoms with Gasteiger partial charge in [-0.1, -0.05) is 59.6 Å². The summed E-state index contributed by atoms with van der Waals surface area (Å²) in [6.45, 7) is 10.3. The molecule has 11 heteroatoms. The zero-order chi connectivity index (χ0) is 30.3. The van der Waals surface area contributed by atoms with Gasteiger partial charge in [0.05, 0.1) is 6.54 Å². The Morgan fingerprint density at radius 1 is 1.02 bits per heavy atom. The highest BCUT2D eigenvalue weighted by molar-refractivity contribution is 5.95. The summed E-state index contributed by atoms with van der Waals surface area (Å²) >= 11 is 0. The minimum absolute atomic E-state index is 0.0431. The highest BCUT2D eigenvalue weighted by Crippen LogP contribution is 2.32. The van der Waals surface area contributed by atoms with Gasteiger partial charge in [0.15, 0.2) is 12.3 Å². The highest BCUT2D eigenvalue weighted by atomic mass is 16.7. The van der Waals surface area contributed by atoms with Crippen molar-refractivity contribution < 1.29 is 34.2 Å². The van der Waals surface area contributed by atoms with Crippen molar-refractivity contribution in [3.8, 4) is 5.75 Å². The Hall–Kier alpha value is -3.34. The van der Waals surface area contributed by atoms with E-state index >= 15 is 0 Å². The van der Waals surface area contributed by atoms with Gasteiger partial charge in [-0.05, 0) is 55.2 Å². The number of unbranched alkanes of at least 4 members (excludes halogenated alkanes) is 1. The predicted molar refractivity (Wildman–Crippen MR) is 153 cm³/mol. The molecular weight excluding hydrogens is 528 g/mol. The third-order valence-corrected chi connectivity index (χ3v) is 7.63. The Balaban J connectivity index is 2.00. The minimum Gasteiger partial charge on any atom is -0.508 e. The van der Waals surface area contributed by atoms with Crippen LogP contribution in [0.25, 0.3) is 0 Å². The summed E-state index contributed by atoms with van der Waals surface area (Å²) in [5.74, 6) is -0.522. The molecule has 0 aromatic heterocycles. The van der Waals surface area contributed by atoms with Crippen LogP contribution in [-0.2, 0) is 25.6 Å². The van der Waals surface area contributed by atoms with E-state index < -0.39 is 42.3 Å². The van der Waals surface area contributed by atoms with Gasteiger partial charge in [0.25, 0.3) is 5.91 Å². The van der Waals surface area contributed by atoms with Crippen LogP contribution in [0.5, 0.6) is 5.75 Å². The molecule has 2 fully saturated rings. The van der Waals surface area contributed by atoms with Crippen molar-refractivity contribution in [2.45, 2.75) is 104 Å². The summed E-state index contributed by atoms with van der Waals surface area (Å²) in [7, 11) is 0. The number of rotatable bonds is 13. The number of amides is 4. The number of hydrogen-bond donors (Lipinski definition) is 3. The maximum atomic E-state index is 14.2. The molecular formula is C30H46N4O7. The lowest BCUT2D eigenvalue weighted by atomic mass is 9.94. The largest absolute Gasteiger partial charge is 0.508 e. The first kappa shape index (κ1) is 32.2. The first-order valence-electron chi connectivity index (χ1n) is 14.8. The second-order valence-electron chi connectivity index (χ2n) is 11.9. The lowest BCUT2D eigenvalue weighted by Gasteiger charge is -2.53. The number of aromatic hydroxyl groups is 1. The molecule has 0 spiro atoms. The Kier molecular flexibility index (Phi) is 11.4. The van der Waals surface area contributed by atoms with Gasteiger partial charge in [-0.2, -0.15) is 5.06 Å². The fraction of sp³-hybridized carbons (Fsp3) is 0.667. The molecule has 0 saturated carbocycles. The molecule has 3 unspecified atom stereocenters. The second-order valence-corrected chi connectivity index (χ2v) is 11.9. The van der Waals surface area contributed by atoms with Crippen LogP contribution < -0.4 is 5.32 Å². The third kappa shape index (κ3) is 8.12. The van der Waals surface area contributed by atoms with Crippen LogP contribution in [0.3, 0.4) is 0 Å². The van der Waals surface area contributed by atoms with E-state index in [0.717, 1.165) is 24.3 Å². The molecule has 2 saturated heterocycles. The van der Waals surface area contributed by atoms with E-state index in [0.29, 0.717) is 30.9 Å². The Morgan fingerprint density at radius 3 is 2.29 bits per heavy atom. The summed E-state index contributed by atoms with van der Waals surface area (Å²) < 4.78 is 0. The zero-order valence-electron chi connectivity index (χ0n) is 24.9. The van der Waals surface area contributed by atoms with Gasteiger partial charge in [-0.15, -0.1) is 0 Å². The van der Waals surface area contributed by atoms with Gasteiger partial charge >= 0.3 is 6.09 Å². The van der Waals surface area contributed by atoms with Gasteiger partial charge in [0, 0.05) is 13.0 Å². The number of piperazine rings is 1. The number of carbonyl (C=O) groups excluding carboxylic acids is 3. The van der Waals surface area contributed by atoms with E-state index in [9.17, 15) is 29.4 Å². The van der Waals surface area contributed by atoms with Crippen LogP contribution in [0.1, 0.15) is 78.7 Å². The smallest absolute Gasteiger partial charge is 0.433 e. The Morgan fingerprint density at radius 2 is 1.71 bits per heavy atom. The number of phenolic OH excluding ortho intramolecular Hbond substituents is 1. The molecule has 0 bridgehead atoms. The molecule has 1 aromatic carbocycles. The summed E-state index contributed by atoms with van der Waals surface area (Å²) in [6, 6.07) is 4.46. The SMILES string of the molecule is CCCC[C@@H](C(=O)NCCCC(C)C)N1CC2N(C(=O)O)OC(CC(C)C)C(=O)N2C(Cc2ccc(O)cc2)C1=O. The number of carbonyl (C=O) groups is 4. The van der Waals surface area contributed by atoms with Crippen molar-refractivity contribution in [1.29, 1.82) is 0 Å². The Labute approximate surface area is 242 Å². The lowest BCUT2D eigenvalue weighted by molar-refractivity contribution is -0.267. The van der Waals surface area contributed by atoms with Crippen LogP contribution in [0.2, 0.25) is 0 Å². The topological polar surface area (TPSA) is 140 Å². The molecule has 2 heterocycles. The van der Waals surface area contributed by atoms with E-state index in [1.807, 2.05) is 20.8 Å². The predicted octanol–water partition coefficient (Wildman–Crippen LogP) is 3.75. The van der Waals surface area contributed by atoms with E-state index in [1.165, 1.54) is 21.9 Å². The van der Waals surface area contributed by atoms with E-state index in [4.69, 9.17) is 4.84 Å². The molecule has 228 valence electrons. The van der Waals surface area contributed by atoms with Crippen LogP contribution in [-0.4, -0.2) is 86.3 Å². The molecule has 1 aromatic rings. The summed E-state index contributed by atoms with van der Waals surface area (Å²) in [5, 5.41) is 23.6. The van der Waals surface area contributed by atoms with Crippen molar-refractivity contribution in [2.75, 3.05) is 13.1 Å². The highest BCUT2D eigenvalue weighted by Gasteiger charge is 2.54. The minimum atomic E-state index is -1.37. The number of phenols is 1. The zero-order valence-corrected chi connectivity index (χ0v) is 24.9. The first-order chi connectivity index (χ1) is 19.4. The van der Waals surface area contributed by atoms with Crippen molar-refractivity contribution >= 4 is 23.8 Å². The second kappa shape index (κ2) is 14.5. The quantitative estimate of drug-likeness (QED) is 0.305. The Bertz CT molecular complexity index is 1060. The van der Waals surface area contributed by atoms with Crippen molar-refractivity contribution in [3.05, 3.63) is 29.8 Å². The van der Waals surface area contributed by atoms with E-state index in [-0.39, 0.29) is 37.0 Å². The number of fused-ring (bicyclic) bond motifs is 1. The molecule has 3 N–H and O–H groups in total. The number of hydroxylamine groups is 2. The van der Waals surface area contributed by atoms with Gasteiger partial charge < -0.3 is 25.3 Å². The van der Waals surface area contributed by atoms with Crippen LogP contribution >= 0.6 is 0 Å². The maximum Gasteiger partial charge on any atom is 0.433 e. The van der Waals surface area contributed by atoms with Crippen molar-refractivity contribution in [2.24, 2.45) is 11.8 Å². The molecule has 0 aliphatic carbocycles. The normalized spacial score (nSPS) is 21.8. The summed E-state index contributed by atoms with van der Waals surface area (Å²) in [4.78, 5) is 62.4. The number of hydrogen-bond acceptors (Lipinski definition) is 6. The van der Waals surface area contributed by atoms with Gasteiger partial charge in [-0.25, -0.2) is 4.79 Å².